The number of amidine groups is 1. The largest absolute Gasteiger partial charge is 0.454 e. The maximum atomic E-state index is 12.6. The fourth-order valence-corrected chi connectivity index (χ4v) is 3.86. The summed E-state index contributed by atoms with van der Waals surface area (Å²) in [5.41, 5.74) is 2.66. The first kappa shape index (κ1) is 20.0. The van der Waals surface area contributed by atoms with Crippen LogP contribution in [0.25, 0.3) is 0 Å². The average Bonchev–Trinajstić information content (AvgIpc) is 3.22. The number of carbonyl (C=O) groups excluding carboxylic acids is 2. The van der Waals surface area contributed by atoms with Crippen molar-refractivity contribution in [2.45, 2.75) is 25.0 Å². The van der Waals surface area contributed by atoms with E-state index in [2.05, 4.69) is 27.8 Å². The van der Waals surface area contributed by atoms with E-state index in [1.54, 1.807) is 18.3 Å². The van der Waals surface area contributed by atoms with Gasteiger partial charge < -0.3 is 20.1 Å². The van der Waals surface area contributed by atoms with Gasteiger partial charge in [-0.05, 0) is 47.9 Å². The molecule has 2 N–H and O–H groups in total. The standard InChI is InChI=1S/C21H20N4O4S/c1-2-13-3-6-15(7-4-13)23-20(27)18-10-19(26)24-21(30-18)25-22-11-14-5-8-16-17(9-14)29-12-28-16/h3-9,11,18H,2,10,12H2,1H3,(H,23,27)(H,24,25,26)/b22-11-/t18-/m0/s1. The van der Waals surface area contributed by atoms with E-state index in [-0.39, 0.29) is 30.2 Å². The molecular weight excluding hydrogens is 404 g/mol. The molecule has 2 aliphatic heterocycles. The Bertz CT molecular complexity index is 1020. The van der Waals surface area contributed by atoms with Crippen LogP contribution in [0.1, 0.15) is 24.5 Å². The van der Waals surface area contributed by atoms with E-state index in [0.717, 1.165) is 12.0 Å². The average molecular weight is 424 g/mol. The lowest BCUT2D eigenvalue weighted by Crippen LogP contribution is -2.41. The van der Waals surface area contributed by atoms with Gasteiger partial charge in [0.2, 0.25) is 18.6 Å². The Hall–Kier alpha value is -3.33. The summed E-state index contributed by atoms with van der Waals surface area (Å²) >= 11 is 1.17. The van der Waals surface area contributed by atoms with Gasteiger partial charge in [-0.15, -0.1) is 5.10 Å². The summed E-state index contributed by atoms with van der Waals surface area (Å²) in [6, 6.07) is 13.1. The van der Waals surface area contributed by atoms with Gasteiger partial charge in [0.1, 0.15) is 5.25 Å². The molecule has 2 amide bonds. The third-order valence-corrected chi connectivity index (χ3v) is 5.62. The highest BCUT2D eigenvalue weighted by Crippen LogP contribution is 2.32. The highest BCUT2D eigenvalue weighted by atomic mass is 32.2. The maximum absolute atomic E-state index is 12.6. The van der Waals surface area contributed by atoms with Crippen LogP contribution in [0.5, 0.6) is 11.5 Å². The second-order valence-corrected chi connectivity index (χ2v) is 7.85. The Morgan fingerprint density at radius 1 is 1.23 bits per heavy atom. The van der Waals surface area contributed by atoms with Crippen molar-refractivity contribution in [3.63, 3.8) is 0 Å². The van der Waals surface area contributed by atoms with Crippen LogP contribution in [-0.2, 0) is 16.0 Å². The van der Waals surface area contributed by atoms with Gasteiger partial charge in [0.15, 0.2) is 16.7 Å². The van der Waals surface area contributed by atoms with Gasteiger partial charge in [-0.3, -0.25) is 9.59 Å². The van der Waals surface area contributed by atoms with Crippen molar-refractivity contribution in [2.24, 2.45) is 10.2 Å². The smallest absolute Gasteiger partial charge is 0.238 e. The number of rotatable bonds is 5. The summed E-state index contributed by atoms with van der Waals surface area (Å²) in [6.45, 7) is 2.27. The van der Waals surface area contributed by atoms with Crippen LogP contribution < -0.4 is 20.1 Å². The van der Waals surface area contributed by atoms with Crippen LogP contribution in [0.4, 0.5) is 5.69 Å². The van der Waals surface area contributed by atoms with Gasteiger partial charge in [0.25, 0.3) is 0 Å². The summed E-state index contributed by atoms with van der Waals surface area (Å²) in [5, 5.41) is 13.3. The SMILES string of the molecule is CCc1ccc(NC(=O)[C@@H]2CC(=O)N/C(=N\N=C/c3ccc4c(c3)OCO4)S2)cc1. The van der Waals surface area contributed by atoms with Gasteiger partial charge in [0.05, 0.1) is 6.21 Å². The highest BCUT2D eigenvalue weighted by molar-refractivity contribution is 8.15. The minimum Gasteiger partial charge on any atom is -0.454 e. The predicted molar refractivity (Wildman–Crippen MR) is 116 cm³/mol. The van der Waals surface area contributed by atoms with Crippen LogP contribution in [-0.4, -0.2) is 35.2 Å². The highest BCUT2D eigenvalue weighted by Gasteiger charge is 2.30. The Kier molecular flexibility index (Phi) is 5.99. The van der Waals surface area contributed by atoms with Gasteiger partial charge in [0, 0.05) is 12.1 Å². The number of carbonyl (C=O) groups is 2. The Labute approximate surface area is 177 Å². The number of ether oxygens (including phenoxy) is 2. The second kappa shape index (κ2) is 9.00. The van der Waals surface area contributed by atoms with Crippen LogP contribution in [0.3, 0.4) is 0 Å². The third kappa shape index (κ3) is 4.80. The monoisotopic (exact) mass is 424 g/mol. The van der Waals surface area contributed by atoms with E-state index >= 15 is 0 Å². The molecule has 0 radical (unpaired) electrons. The molecule has 2 heterocycles. The fraction of sp³-hybridized carbons (Fsp3) is 0.238. The lowest BCUT2D eigenvalue weighted by Gasteiger charge is -2.21. The van der Waals surface area contributed by atoms with E-state index in [4.69, 9.17) is 9.47 Å². The number of hydrogen-bond donors (Lipinski definition) is 2. The Morgan fingerprint density at radius 2 is 2.03 bits per heavy atom. The molecule has 1 saturated heterocycles. The molecule has 1 atom stereocenters. The zero-order valence-corrected chi connectivity index (χ0v) is 17.1. The van der Waals surface area contributed by atoms with E-state index < -0.39 is 5.25 Å². The first-order valence-electron chi connectivity index (χ1n) is 9.47. The van der Waals surface area contributed by atoms with E-state index in [1.807, 2.05) is 30.3 Å². The van der Waals surface area contributed by atoms with Crippen molar-refractivity contribution >= 4 is 40.6 Å². The minimum absolute atomic E-state index is 0.0778. The molecule has 9 heteroatoms. The van der Waals surface area contributed by atoms with Crippen LogP contribution in [0.15, 0.2) is 52.7 Å². The molecule has 0 saturated carbocycles. The normalized spacial score (nSPS) is 19.2. The molecule has 2 aromatic rings. The quantitative estimate of drug-likeness (QED) is 0.568. The molecule has 0 bridgehead atoms. The van der Waals surface area contributed by atoms with Crippen LogP contribution >= 0.6 is 11.8 Å². The summed E-state index contributed by atoms with van der Waals surface area (Å²) in [4.78, 5) is 24.6. The van der Waals surface area contributed by atoms with Crippen molar-refractivity contribution in [3.05, 3.63) is 53.6 Å². The van der Waals surface area contributed by atoms with Crippen molar-refractivity contribution in [1.82, 2.24) is 5.32 Å². The zero-order valence-electron chi connectivity index (χ0n) is 16.3. The number of hydrogen-bond acceptors (Lipinski definition) is 7. The van der Waals surface area contributed by atoms with Gasteiger partial charge in [-0.25, -0.2) is 0 Å². The Morgan fingerprint density at radius 3 is 2.83 bits per heavy atom. The lowest BCUT2D eigenvalue weighted by molar-refractivity contribution is -0.123. The van der Waals surface area contributed by atoms with E-state index in [0.29, 0.717) is 17.2 Å². The first-order valence-corrected chi connectivity index (χ1v) is 10.4. The number of nitrogens with zero attached hydrogens (tertiary/aromatic N) is 2. The van der Waals surface area contributed by atoms with E-state index in [1.165, 1.54) is 17.3 Å². The van der Waals surface area contributed by atoms with Crippen molar-refractivity contribution in [3.8, 4) is 11.5 Å². The molecule has 0 aliphatic carbocycles. The lowest BCUT2D eigenvalue weighted by atomic mass is 10.1. The van der Waals surface area contributed by atoms with Crippen LogP contribution in [0, 0.1) is 0 Å². The molecule has 2 aromatic carbocycles. The van der Waals surface area contributed by atoms with Crippen LogP contribution in [0.2, 0.25) is 0 Å². The molecule has 1 fully saturated rings. The molecule has 0 spiro atoms. The van der Waals surface area contributed by atoms with Crippen molar-refractivity contribution in [1.29, 1.82) is 0 Å². The summed E-state index contributed by atoms with van der Waals surface area (Å²) < 4.78 is 10.6. The summed E-state index contributed by atoms with van der Waals surface area (Å²) in [5.74, 6) is 0.821. The number of anilines is 1. The number of nitrogens with one attached hydrogen (secondary N) is 2. The number of amides is 2. The molecule has 4 rings (SSSR count). The van der Waals surface area contributed by atoms with E-state index in [9.17, 15) is 9.59 Å². The minimum atomic E-state index is -0.580. The molecule has 0 unspecified atom stereocenters. The summed E-state index contributed by atoms with van der Waals surface area (Å²) in [7, 11) is 0. The molecule has 8 nitrogen and oxygen atoms in total. The molecule has 2 aliphatic rings. The molecule has 154 valence electrons. The summed E-state index contributed by atoms with van der Waals surface area (Å²) in [6.07, 6.45) is 2.55. The van der Waals surface area contributed by atoms with Crippen molar-refractivity contribution < 1.29 is 19.1 Å². The number of thioether (sulfide) groups is 1. The number of aryl methyl sites for hydroxylation is 1. The number of benzene rings is 2. The second-order valence-electron chi connectivity index (χ2n) is 6.66. The predicted octanol–water partition coefficient (Wildman–Crippen LogP) is 2.93. The maximum Gasteiger partial charge on any atom is 0.238 e. The van der Waals surface area contributed by atoms with Crippen molar-refractivity contribution in [2.75, 3.05) is 12.1 Å². The topological polar surface area (TPSA) is 101 Å². The molecule has 30 heavy (non-hydrogen) atoms. The Balaban J connectivity index is 1.39. The van der Waals surface area contributed by atoms with Gasteiger partial charge in [-0.2, -0.15) is 5.10 Å². The molecule has 0 aromatic heterocycles. The zero-order chi connectivity index (χ0) is 20.9. The van der Waals surface area contributed by atoms with Gasteiger partial charge in [-0.1, -0.05) is 30.8 Å². The first-order chi connectivity index (χ1) is 14.6. The third-order valence-electron chi connectivity index (χ3n) is 4.55. The number of fused-ring (bicyclic) bond motifs is 1. The fourth-order valence-electron chi connectivity index (χ4n) is 2.93. The molecular formula is C21H20N4O4S. The van der Waals surface area contributed by atoms with Gasteiger partial charge >= 0.3 is 0 Å².